The highest BCUT2D eigenvalue weighted by Crippen LogP contribution is 2.39. The largest absolute Gasteiger partial charge is 0.484 e. The lowest BCUT2D eigenvalue weighted by molar-refractivity contribution is 0.171. The van der Waals surface area contributed by atoms with Crippen molar-refractivity contribution >= 4 is 33.6 Å². The number of pyridine rings is 1. The number of aromatic nitrogens is 5. The van der Waals surface area contributed by atoms with Gasteiger partial charge in [-0.05, 0) is 69.2 Å². The van der Waals surface area contributed by atoms with Gasteiger partial charge in [-0.2, -0.15) is 13.5 Å². The Balaban J connectivity index is 1.17. The van der Waals surface area contributed by atoms with Crippen molar-refractivity contribution in [1.29, 1.82) is 0 Å². The van der Waals surface area contributed by atoms with Gasteiger partial charge >= 0.3 is 6.03 Å². The summed E-state index contributed by atoms with van der Waals surface area (Å²) in [6.07, 6.45) is 7.63. The molecule has 14 heteroatoms. The molecule has 48 heavy (non-hydrogen) atoms. The molecule has 258 valence electrons. The molecule has 1 aliphatic heterocycles. The maximum atomic E-state index is 13.4. The number of urea groups is 1. The van der Waals surface area contributed by atoms with Gasteiger partial charge in [-0.25, -0.2) is 9.48 Å². The molecule has 3 aromatic heterocycles. The zero-order valence-corrected chi connectivity index (χ0v) is 29.3. The van der Waals surface area contributed by atoms with Crippen LogP contribution in [0.1, 0.15) is 95.7 Å². The number of piperidine rings is 1. The van der Waals surface area contributed by atoms with E-state index in [4.69, 9.17) is 8.92 Å². The first-order valence-corrected chi connectivity index (χ1v) is 18.5. The van der Waals surface area contributed by atoms with Gasteiger partial charge in [-0.1, -0.05) is 45.0 Å². The minimum Gasteiger partial charge on any atom is -0.484 e. The summed E-state index contributed by atoms with van der Waals surface area (Å²) in [4.78, 5) is 15.7. The van der Waals surface area contributed by atoms with Crippen LogP contribution in [-0.2, 0) is 26.3 Å². The van der Waals surface area contributed by atoms with Gasteiger partial charge in [0.2, 0.25) is 5.95 Å². The minimum atomic E-state index is -3.60. The molecule has 4 aromatic rings. The number of hydrogen-bond donors (Lipinski definition) is 2. The van der Waals surface area contributed by atoms with E-state index in [-0.39, 0.29) is 36.7 Å². The van der Waals surface area contributed by atoms with Crippen LogP contribution in [0.3, 0.4) is 0 Å². The van der Waals surface area contributed by atoms with Gasteiger partial charge in [-0.15, -0.1) is 10.2 Å². The second kappa shape index (κ2) is 13.4. The molecule has 0 spiro atoms. The van der Waals surface area contributed by atoms with Gasteiger partial charge in [0.05, 0.1) is 37.3 Å². The van der Waals surface area contributed by atoms with E-state index in [2.05, 4.69) is 50.7 Å². The number of amides is 2. The van der Waals surface area contributed by atoms with Crippen molar-refractivity contribution in [3.63, 3.8) is 0 Å². The molecule has 13 nitrogen and oxygen atoms in total. The molecule has 4 heterocycles. The van der Waals surface area contributed by atoms with E-state index in [0.717, 1.165) is 53.3 Å². The Morgan fingerprint density at radius 3 is 2.44 bits per heavy atom. The van der Waals surface area contributed by atoms with E-state index in [0.29, 0.717) is 30.7 Å². The number of nitrogens with zero attached hydrogens (tertiary/aromatic N) is 6. The average molecular weight is 679 g/mol. The molecule has 0 bridgehead atoms. The summed E-state index contributed by atoms with van der Waals surface area (Å²) < 4.78 is 38.1. The molecule has 1 saturated heterocycles. The molecular formula is C34H46N8O5S. The van der Waals surface area contributed by atoms with Crippen molar-refractivity contribution in [2.24, 2.45) is 0 Å². The summed E-state index contributed by atoms with van der Waals surface area (Å²) in [5, 5.41) is 19.7. The molecule has 1 aromatic carbocycles. The molecule has 2 amide bonds. The number of anilines is 2. The van der Waals surface area contributed by atoms with Gasteiger partial charge in [-0.3, -0.25) is 13.9 Å². The lowest BCUT2D eigenvalue weighted by Gasteiger charge is -2.39. The van der Waals surface area contributed by atoms with Crippen molar-refractivity contribution in [3.8, 4) is 5.75 Å². The number of fused-ring (bicyclic) bond motifs is 2. The summed E-state index contributed by atoms with van der Waals surface area (Å²) in [7, 11) is -3.60. The predicted octanol–water partition coefficient (Wildman–Crippen LogP) is 5.74. The number of rotatable bonds is 9. The molecular weight excluding hydrogens is 632 g/mol. The number of benzene rings is 1. The maximum Gasteiger partial charge on any atom is 0.320 e. The first-order valence-electron chi connectivity index (χ1n) is 16.7. The fourth-order valence-electron chi connectivity index (χ4n) is 6.75. The normalized spacial score (nSPS) is 21.6. The fourth-order valence-corrected chi connectivity index (χ4v) is 7.12. The molecule has 1 aliphatic carbocycles. The second-order valence-corrected chi connectivity index (χ2v) is 15.7. The zero-order chi connectivity index (χ0) is 34.2. The van der Waals surface area contributed by atoms with Crippen LogP contribution >= 0.6 is 0 Å². The lowest BCUT2D eigenvalue weighted by atomic mass is 9.85. The van der Waals surface area contributed by atoms with Crippen LogP contribution in [-0.4, -0.2) is 63.8 Å². The molecule has 4 atom stereocenters. The second-order valence-electron chi connectivity index (χ2n) is 14.0. The third-order valence-electron chi connectivity index (χ3n) is 9.19. The Morgan fingerprint density at radius 1 is 1.00 bits per heavy atom. The Morgan fingerprint density at radius 2 is 1.73 bits per heavy atom. The number of nitrogens with one attached hydrogen (secondary N) is 2. The number of carbonyl (C=O) groups excluding carboxylic acids is 1. The predicted molar refractivity (Wildman–Crippen MR) is 184 cm³/mol. The van der Waals surface area contributed by atoms with E-state index < -0.39 is 10.1 Å². The van der Waals surface area contributed by atoms with Gasteiger partial charge in [0.25, 0.3) is 10.1 Å². The summed E-state index contributed by atoms with van der Waals surface area (Å²) in [5.74, 6) is 2.03. The summed E-state index contributed by atoms with van der Waals surface area (Å²) in [5.41, 5.74) is 3.28. The van der Waals surface area contributed by atoms with Gasteiger partial charge in [0.15, 0.2) is 5.65 Å². The van der Waals surface area contributed by atoms with Crippen LogP contribution in [0.4, 0.5) is 16.6 Å². The van der Waals surface area contributed by atoms with Crippen LogP contribution in [0.5, 0.6) is 5.75 Å². The number of ether oxygens (including phenoxy) is 1. The molecule has 1 fully saturated rings. The number of hydrogen-bond acceptors (Lipinski definition) is 9. The fraction of sp³-hybridized carbons (Fsp3) is 0.529. The highest BCUT2D eigenvalue weighted by atomic mass is 32.2. The molecule has 2 N–H and O–H groups in total. The van der Waals surface area contributed by atoms with Crippen molar-refractivity contribution in [2.75, 3.05) is 23.1 Å². The first-order chi connectivity index (χ1) is 22.8. The Hall–Kier alpha value is -4.17. The van der Waals surface area contributed by atoms with Crippen molar-refractivity contribution in [1.82, 2.24) is 29.7 Å². The van der Waals surface area contributed by atoms with Crippen LogP contribution in [0.15, 0.2) is 48.7 Å². The third-order valence-corrected chi connectivity index (χ3v) is 9.79. The monoisotopic (exact) mass is 678 g/mol. The van der Waals surface area contributed by atoms with Crippen LogP contribution in [0.2, 0.25) is 0 Å². The average Bonchev–Trinajstić information content (AvgIpc) is 3.62. The van der Waals surface area contributed by atoms with Gasteiger partial charge in [0.1, 0.15) is 17.7 Å². The topological polar surface area (TPSA) is 145 Å². The highest BCUT2D eigenvalue weighted by molar-refractivity contribution is 7.85. The van der Waals surface area contributed by atoms with E-state index in [1.54, 1.807) is 4.68 Å². The third kappa shape index (κ3) is 7.44. The van der Waals surface area contributed by atoms with E-state index in [1.165, 1.54) is 6.42 Å². The zero-order valence-electron chi connectivity index (χ0n) is 28.5. The summed E-state index contributed by atoms with van der Waals surface area (Å²) >= 11 is 0. The number of carbonyl (C=O) groups is 1. The van der Waals surface area contributed by atoms with Crippen LogP contribution < -0.4 is 20.3 Å². The van der Waals surface area contributed by atoms with Crippen LogP contribution in [0.25, 0.3) is 5.65 Å². The van der Waals surface area contributed by atoms with E-state index in [9.17, 15) is 13.2 Å². The molecule has 2 aliphatic rings. The molecule has 4 unspecified atom stereocenters. The van der Waals surface area contributed by atoms with Gasteiger partial charge < -0.3 is 15.0 Å². The van der Waals surface area contributed by atoms with E-state index in [1.807, 2.05) is 67.8 Å². The lowest BCUT2D eigenvalue weighted by Crippen LogP contribution is -2.44. The highest BCUT2D eigenvalue weighted by Gasteiger charge is 2.31. The van der Waals surface area contributed by atoms with Crippen molar-refractivity contribution in [3.05, 3.63) is 65.5 Å². The van der Waals surface area contributed by atoms with Crippen molar-refractivity contribution < 1.29 is 22.1 Å². The molecule has 0 saturated carbocycles. The van der Waals surface area contributed by atoms with Crippen LogP contribution in [0, 0.1) is 0 Å². The standard InChI is InChI=1S/C34H46N8O5S/c1-22-10-9-11-23(2)42(22)33-38-37-30-17-14-24(21-40(30)33)47-28-16-15-27(25-12-7-8-13-26(25)28)35-32(43)36-31-20-29(34(3,4)5)39-41(31)18-19-46-48(6,44)45/h7-8,12-14,17,20-23,27-28H,9-11,15-16,18-19H2,1-6H3,(H2,35,36,43). The maximum absolute atomic E-state index is 13.4. The Bertz CT molecular complexity index is 1870. The Kier molecular flexibility index (Phi) is 9.40. The minimum absolute atomic E-state index is 0.0973. The van der Waals surface area contributed by atoms with Gasteiger partial charge in [0, 0.05) is 23.6 Å². The first kappa shape index (κ1) is 33.7. The quantitative estimate of drug-likeness (QED) is 0.212. The van der Waals surface area contributed by atoms with E-state index >= 15 is 0 Å². The summed E-state index contributed by atoms with van der Waals surface area (Å²) in [6, 6.07) is 13.9. The molecule has 6 rings (SSSR count). The van der Waals surface area contributed by atoms with Crippen molar-refractivity contribution in [2.45, 2.75) is 103 Å². The summed E-state index contributed by atoms with van der Waals surface area (Å²) in [6.45, 7) is 10.6. The smallest absolute Gasteiger partial charge is 0.320 e. The SMILES string of the molecule is CC1CCCC(C)N1c1nnc2ccc(OC3CCC(NC(=O)Nc4cc(C(C)(C)C)nn4CCOS(C)(=O)=O)c4ccccc43)cn12. The Labute approximate surface area is 282 Å². The molecule has 0 radical (unpaired) electrons.